The molecule has 0 radical (unpaired) electrons. The number of amides is 1. The molecule has 0 spiro atoms. The van der Waals surface area contributed by atoms with Crippen molar-refractivity contribution in [1.82, 2.24) is 5.32 Å². The predicted octanol–water partition coefficient (Wildman–Crippen LogP) is 3.19. The largest absolute Gasteiger partial charge is 0.315 e. The van der Waals surface area contributed by atoms with Gasteiger partial charge in [-0.25, -0.2) is 0 Å². The van der Waals surface area contributed by atoms with E-state index in [1.807, 2.05) is 31.3 Å². The Morgan fingerprint density at radius 3 is 2.67 bits per heavy atom. The summed E-state index contributed by atoms with van der Waals surface area (Å²) in [6.07, 6.45) is 0.513. The molecule has 3 nitrogen and oxygen atoms in total. The Morgan fingerprint density at radius 1 is 1.14 bits per heavy atom. The Morgan fingerprint density at radius 2 is 1.86 bits per heavy atom. The predicted molar refractivity (Wildman–Crippen MR) is 85.2 cm³/mol. The van der Waals surface area contributed by atoms with Crippen LogP contribution in [0.15, 0.2) is 48.5 Å². The maximum atomic E-state index is 12.1. The van der Waals surface area contributed by atoms with Gasteiger partial charge in [0.1, 0.15) is 0 Å². The third-order valence-electron chi connectivity index (χ3n) is 4.23. The van der Waals surface area contributed by atoms with E-state index in [1.165, 1.54) is 16.7 Å². The van der Waals surface area contributed by atoms with Crippen LogP contribution in [0.25, 0.3) is 0 Å². The van der Waals surface area contributed by atoms with Crippen molar-refractivity contribution in [3.8, 4) is 0 Å². The quantitative estimate of drug-likeness (QED) is 0.936. The summed E-state index contributed by atoms with van der Waals surface area (Å²) >= 11 is 0. The number of carbonyl (C=O) groups excluding carboxylic acids is 1. The number of benzene rings is 2. The van der Waals surface area contributed by atoms with Gasteiger partial charge in [0.15, 0.2) is 0 Å². The Balaban J connectivity index is 1.82. The molecule has 1 aliphatic heterocycles. The molecule has 1 amide bonds. The topological polar surface area (TPSA) is 32.3 Å². The van der Waals surface area contributed by atoms with Gasteiger partial charge in [-0.3, -0.25) is 4.79 Å². The first-order chi connectivity index (χ1) is 10.2. The minimum absolute atomic E-state index is 0.0875. The lowest BCUT2D eigenvalue weighted by atomic mass is 9.95. The summed E-state index contributed by atoms with van der Waals surface area (Å²) in [6, 6.07) is 16.6. The molecule has 1 atom stereocenters. The summed E-state index contributed by atoms with van der Waals surface area (Å²) in [5.74, 6) is 0.163. The Kier molecular flexibility index (Phi) is 3.76. The highest BCUT2D eigenvalue weighted by atomic mass is 16.2. The number of para-hydroxylation sites is 1. The van der Waals surface area contributed by atoms with E-state index >= 15 is 0 Å². The van der Waals surface area contributed by atoms with Gasteiger partial charge in [-0.05, 0) is 29.7 Å². The van der Waals surface area contributed by atoms with Crippen LogP contribution in [0.5, 0.6) is 0 Å². The summed E-state index contributed by atoms with van der Waals surface area (Å²) < 4.78 is 0. The second-order valence-corrected chi connectivity index (χ2v) is 5.58. The normalized spacial score (nSPS) is 17.7. The monoisotopic (exact) mass is 280 g/mol. The van der Waals surface area contributed by atoms with Gasteiger partial charge < -0.3 is 10.2 Å². The van der Waals surface area contributed by atoms with Crippen molar-refractivity contribution in [1.29, 1.82) is 0 Å². The van der Waals surface area contributed by atoms with Crippen LogP contribution in [0.4, 0.5) is 5.69 Å². The second-order valence-electron chi connectivity index (χ2n) is 5.58. The zero-order chi connectivity index (χ0) is 14.8. The molecule has 3 heteroatoms. The van der Waals surface area contributed by atoms with Gasteiger partial charge in [0, 0.05) is 31.7 Å². The molecule has 1 N–H and O–H groups in total. The van der Waals surface area contributed by atoms with Crippen LogP contribution in [-0.2, 0) is 11.3 Å². The first kappa shape index (κ1) is 13.8. The van der Waals surface area contributed by atoms with Crippen LogP contribution >= 0.6 is 0 Å². The minimum atomic E-state index is 0.0875. The molecule has 0 saturated heterocycles. The molecule has 21 heavy (non-hydrogen) atoms. The number of carbonyl (C=O) groups is 1. The number of nitrogens with zero attached hydrogens (tertiary/aromatic N) is 1. The third kappa shape index (κ3) is 2.69. The van der Waals surface area contributed by atoms with Crippen molar-refractivity contribution >= 4 is 11.6 Å². The fraction of sp³-hybridized carbons (Fsp3) is 0.278. The van der Waals surface area contributed by atoms with E-state index in [9.17, 15) is 4.79 Å². The molecule has 0 aliphatic carbocycles. The molecule has 1 heterocycles. The molecule has 1 aliphatic rings. The van der Waals surface area contributed by atoms with Crippen molar-refractivity contribution in [3.05, 3.63) is 65.2 Å². The second kappa shape index (κ2) is 5.70. The van der Waals surface area contributed by atoms with Crippen molar-refractivity contribution in [2.45, 2.75) is 25.9 Å². The first-order valence-electron chi connectivity index (χ1n) is 7.30. The number of hydrogen-bond donors (Lipinski definition) is 1. The zero-order valence-electron chi connectivity index (χ0n) is 12.5. The number of fused-ring (bicyclic) bond motifs is 1. The van der Waals surface area contributed by atoms with Gasteiger partial charge in [-0.15, -0.1) is 0 Å². The van der Waals surface area contributed by atoms with E-state index in [-0.39, 0.29) is 11.9 Å². The lowest BCUT2D eigenvalue weighted by Crippen LogP contribution is -2.37. The lowest BCUT2D eigenvalue weighted by molar-refractivity contribution is -0.119. The highest BCUT2D eigenvalue weighted by Crippen LogP contribution is 2.33. The molecule has 0 fully saturated rings. The van der Waals surface area contributed by atoms with E-state index in [0.29, 0.717) is 6.42 Å². The number of rotatable bonds is 3. The summed E-state index contributed by atoms with van der Waals surface area (Å²) in [4.78, 5) is 13.9. The fourth-order valence-corrected chi connectivity index (χ4v) is 2.87. The number of hydrogen-bond acceptors (Lipinski definition) is 2. The van der Waals surface area contributed by atoms with Crippen molar-refractivity contribution in [3.63, 3.8) is 0 Å². The highest BCUT2D eigenvalue weighted by molar-refractivity contribution is 5.96. The molecule has 0 bridgehead atoms. The van der Waals surface area contributed by atoms with Gasteiger partial charge in [-0.2, -0.15) is 0 Å². The number of nitrogens with one attached hydrogen (secondary N) is 1. The van der Waals surface area contributed by atoms with E-state index in [1.54, 1.807) is 4.90 Å². The van der Waals surface area contributed by atoms with Gasteiger partial charge >= 0.3 is 0 Å². The van der Waals surface area contributed by atoms with Crippen molar-refractivity contribution in [2.75, 3.05) is 11.9 Å². The van der Waals surface area contributed by atoms with Crippen LogP contribution in [0, 0.1) is 6.92 Å². The standard InChI is InChI=1S/C18H20N2O/c1-13-7-3-4-8-14(13)12-19-16-11-18(21)20(2)17-10-6-5-9-15(16)17/h3-10,16,19H,11-12H2,1-2H3. The molecule has 0 saturated carbocycles. The molecule has 2 aromatic carbocycles. The summed E-state index contributed by atoms with van der Waals surface area (Å²) in [7, 11) is 1.85. The third-order valence-corrected chi connectivity index (χ3v) is 4.23. The van der Waals surface area contributed by atoms with Crippen molar-refractivity contribution in [2.24, 2.45) is 0 Å². The average Bonchev–Trinajstić information content (AvgIpc) is 2.51. The zero-order valence-corrected chi connectivity index (χ0v) is 12.5. The maximum Gasteiger partial charge on any atom is 0.228 e. The fourth-order valence-electron chi connectivity index (χ4n) is 2.87. The highest BCUT2D eigenvalue weighted by Gasteiger charge is 2.28. The minimum Gasteiger partial charge on any atom is -0.315 e. The van der Waals surface area contributed by atoms with E-state index in [2.05, 4.69) is 36.5 Å². The lowest BCUT2D eigenvalue weighted by Gasteiger charge is -2.32. The molecule has 0 aromatic heterocycles. The molecular weight excluding hydrogens is 260 g/mol. The smallest absolute Gasteiger partial charge is 0.228 e. The molecular formula is C18H20N2O. The molecule has 1 unspecified atom stereocenters. The van der Waals surface area contributed by atoms with Crippen LogP contribution in [0.3, 0.4) is 0 Å². The Labute approximate surface area is 125 Å². The van der Waals surface area contributed by atoms with Gasteiger partial charge in [0.25, 0.3) is 0 Å². The molecule has 108 valence electrons. The van der Waals surface area contributed by atoms with Gasteiger partial charge in [-0.1, -0.05) is 42.5 Å². The van der Waals surface area contributed by atoms with E-state index in [4.69, 9.17) is 0 Å². The number of aryl methyl sites for hydroxylation is 1. The average molecular weight is 280 g/mol. The maximum absolute atomic E-state index is 12.1. The van der Waals surface area contributed by atoms with Gasteiger partial charge in [0.05, 0.1) is 0 Å². The Hall–Kier alpha value is -2.13. The van der Waals surface area contributed by atoms with Crippen LogP contribution in [-0.4, -0.2) is 13.0 Å². The summed E-state index contributed by atoms with van der Waals surface area (Å²) in [5.41, 5.74) is 4.77. The first-order valence-corrected chi connectivity index (χ1v) is 7.30. The van der Waals surface area contributed by atoms with Crippen LogP contribution in [0.1, 0.15) is 29.2 Å². The van der Waals surface area contributed by atoms with Crippen molar-refractivity contribution < 1.29 is 4.79 Å². The van der Waals surface area contributed by atoms with E-state index < -0.39 is 0 Å². The van der Waals surface area contributed by atoms with Gasteiger partial charge in [0.2, 0.25) is 5.91 Å². The number of anilines is 1. The van der Waals surface area contributed by atoms with Crippen LogP contribution in [0.2, 0.25) is 0 Å². The molecule has 2 aromatic rings. The van der Waals surface area contributed by atoms with E-state index in [0.717, 1.165) is 12.2 Å². The Bertz CT molecular complexity index is 666. The SMILES string of the molecule is Cc1ccccc1CNC1CC(=O)N(C)c2ccccc21. The molecule has 3 rings (SSSR count). The summed E-state index contributed by atoms with van der Waals surface area (Å²) in [6.45, 7) is 2.90. The summed E-state index contributed by atoms with van der Waals surface area (Å²) in [5, 5.41) is 3.54. The van der Waals surface area contributed by atoms with Crippen LogP contribution < -0.4 is 10.2 Å².